The number of hydrogen-bond acceptors (Lipinski definition) is 7. The van der Waals surface area contributed by atoms with E-state index in [1.165, 1.54) is 6.08 Å². The molecule has 0 aliphatic heterocycles. The summed E-state index contributed by atoms with van der Waals surface area (Å²) >= 11 is 0. The number of aromatic nitrogens is 4. The number of fused-ring (bicyclic) bond motifs is 3. The first kappa shape index (κ1) is 18.7. The lowest BCUT2D eigenvalue weighted by Gasteiger charge is -2.00. The van der Waals surface area contributed by atoms with Crippen LogP contribution in [0.3, 0.4) is 0 Å². The van der Waals surface area contributed by atoms with Gasteiger partial charge in [0.25, 0.3) is 5.71 Å². The number of nitrogens with one attached hydrogen (secondary N) is 1. The van der Waals surface area contributed by atoms with Crippen molar-refractivity contribution < 1.29 is 13.9 Å². The van der Waals surface area contributed by atoms with Gasteiger partial charge in [-0.15, -0.1) is 0 Å². The fourth-order valence-corrected chi connectivity index (χ4v) is 3.19. The van der Waals surface area contributed by atoms with Crippen molar-refractivity contribution in [3.63, 3.8) is 0 Å². The number of carbonyl (C=O) groups excluding carboxylic acids is 1. The Kier molecular flexibility index (Phi) is 4.99. The topological polar surface area (TPSA) is 95.1 Å². The Labute approximate surface area is 167 Å². The SMILES string of the molecule is CCOC(=O)/C=C/Cc1cccc(-c2nc3c(nc(NC)c4ncn(C)c43)o2)c1. The molecule has 1 N–H and O–H groups in total. The van der Waals surface area contributed by atoms with Crippen LogP contribution in [0.15, 0.2) is 47.2 Å². The van der Waals surface area contributed by atoms with E-state index in [2.05, 4.69) is 20.3 Å². The van der Waals surface area contributed by atoms with E-state index in [0.717, 1.165) is 22.2 Å². The maximum absolute atomic E-state index is 11.4. The highest BCUT2D eigenvalue weighted by Gasteiger charge is 2.18. The predicted octanol–water partition coefficient (Wildman–Crippen LogP) is 3.48. The number of aryl methyl sites for hydroxylation is 1. The predicted molar refractivity (Wildman–Crippen MR) is 111 cm³/mol. The Morgan fingerprint density at radius 2 is 2.17 bits per heavy atom. The number of oxazole rings is 1. The highest BCUT2D eigenvalue weighted by Crippen LogP contribution is 2.31. The van der Waals surface area contributed by atoms with Crippen molar-refractivity contribution in [3.05, 3.63) is 48.3 Å². The standard InChI is InChI=1S/C21H21N5O3/c1-4-28-15(27)10-6-8-13-7-5-9-14(11-13)20-24-17-18-16(23-12-26(18)3)19(22-2)25-21(17)29-20/h5-7,9-12H,4,8H2,1-3H3,(H,22,25)/b10-6+. The number of hydrogen-bond donors (Lipinski definition) is 1. The molecule has 0 atom stereocenters. The van der Waals surface area contributed by atoms with Gasteiger partial charge in [-0.1, -0.05) is 18.2 Å². The summed E-state index contributed by atoms with van der Waals surface area (Å²) in [6, 6.07) is 7.84. The van der Waals surface area contributed by atoms with E-state index in [1.807, 2.05) is 35.9 Å². The largest absolute Gasteiger partial charge is 0.463 e. The smallest absolute Gasteiger partial charge is 0.330 e. The zero-order chi connectivity index (χ0) is 20.4. The Bertz CT molecular complexity index is 1220. The number of anilines is 1. The summed E-state index contributed by atoms with van der Waals surface area (Å²) in [6.07, 6.45) is 5.56. The highest BCUT2D eigenvalue weighted by atomic mass is 16.5. The lowest BCUT2D eigenvalue weighted by molar-refractivity contribution is -0.137. The molecule has 8 heteroatoms. The van der Waals surface area contributed by atoms with E-state index < -0.39 is 0 Å². The minimum atomic E-state index is -0.339. The fourth-order valence-electron chi connectivity index (χ4n) is 3.19. The van der Waals surface area contributed by atoms with Gasteiger partial charge in [0, 0.05) is 25.7 Å². The monoisotopic (exact) mass is 391 g/mol. The minimum absolute atomic E-state index is 0.339. The number of esters is 1. The lowest BCUT2D eigenvalue weighted by atomic mass is 10.1. The minimum Gasteiger partial charge on any atom is -0.463 e. The van der Waals surface area contributed by atoms with Crippen molar-refractivity contribution in [2.75, 3.05) is 19.0 Å². The molecule has 0 spiro atoms. The Morgan fingerprint density at radius 1 is 1.31 bits per heavy atom. The molecule has 0 bridgehead atoms. The number of carbonyl (C=O) groups is 1. The summed E-state index contributed by atoms with van der Waals surface area (Å²) in [4.78, 5) is 25.0. The van der Waals surface area contributed by atoms with Crippen LogP contribution >= 0.6 is 0 Å². The summed E-state index contributed by atoms with van der Waals surface area (Å²) in [5.41, 5.74) is 4.60. The third-order valence-corrected chi connectivity index (χ3v) is 4.51. The van der Waals surface area contributed by atoms with Crippen molar-refractivity contribution in [3.8, 4) is 11.5 Å². The van der Waals surface area contributed by atoms with Crippen LogP contribution in [0, 0.1) is 0 Å². The average molecular weight is 391 g/mol. The average Bonchev–Trinajstić information content (AvgIpc) is 3.31. The number of nitrogens with zero attached hydrogens (tertiary/aromatic N) is 4. The van der Waals surface area contributed by atoms with Crippen LogP contribution in [0.5, 0.6) is 0 Å². The molecule has 0 unspecified atom stereocenters. The maximum Gasteiger partial charge on any atom is 0.330 e. The molecule has 4 aromatic rings. The maximum atomic E-state index is 11.4. The number of pyridine rings is 1. The first-order valence-corrected chi connectivity index (χ1v) is 9.32. The first-order chi connectivity index (χ1) is 14.1. The molecule has 8 nitrogen and oxygen atoms in total. The third-order valence-electron chi connectivity index (χ3n) is 4.51. The molecule has 148 valence electrons. The van der Waals surface area contributed by atoms with E-state index >= 15 is 0 Å². The van der Waals surface area contributed by atoms with Crippen LogP contribution < -0.4 is 5.32 Å². The quantitative estimate of drug-likeness (QED) is 0.397. The van der Waals surface area contributed by atoms with Crippen molar-refractivity contribution in [2.45, 2.75) is 13.3 Å². The summed E-state index contributed by atoms with van der Waals surface area (Å²) in [5, 5.41) is 3.05. The van der Waals surface area contributed by atoms with Gasteiger partial charge in [-0.05, 0) is 31.0 Å². The second-order valence-electron chi connectivity index (χ2n) is 6.49. The zero-order valence-electron chi connectivity index (χ0n) is 16.5. The molecule has 0 amide bonds. The fraction of sp³-hybridized carbons (Fsp3) is 0.238. The number of benzene rings is 1. The van der Waals surface area contributed by atoms with Crippen LogP contribution in [0.4, 0.5) is 5.82 Å². The van der Waals surface area contributed by atoms with Gasteiger partial charge < -0.3 is 19.0 Å². The molecule has 4 rings (SSSR count). The first-order valence-electron chi connectivity index (χ1n) is 9.32. The normalized spacial score (nSPS) is 11.6. The lowest BCUT2D eigenvalue weighted by Crippen LogP contribution is -1.99. The van der Waals surface area contributed by atoms with Crippen LogP contribution in [0.1, 0.15) is 12.5 Å². The molecular weight excluding hydrogens is 370 g/mol. The molecular formula is C21H21N5O3. The van der Waals surface area contributed by atoms with Crippen molar-refractivity contribution in [1.82, 2.24) is 19.5 Å². The van der Waals surface area contributed by atoms with E-state index in [-0.39, 0.29) is 5.97 Å². The summed E-state index contributed by atoms with van der Waals surface area (Å²) in [6.45, 7) is 2.15. The van der Waals surface area contributed by atoms with Crippen molar-refractivity contribution >= 4 is 34.1 Å². The van der Waals surface area contributed by atoms with Crippen molar-refractivity contribution in [2.24, 2.45) is 7.05 Å². The molecule has 3 aromatic heterocycles. The molecule has 3 heterocycles. The number of imidazole rings is 1. The van der Waals surface area contributed by atoms with E-state index in [1.54, 1.807) is 26.4 Å². The summed E-state index contributed by atoms with van der Waals surface area (Å²) < 4.78 is 12.8. The Morgan fingerprint density at radius 3 is 2.97 bits per heavy atom. The molecule has 1 aromatic carbocycles. The highest BCUT2D eigenvalue weighted by molar-refractivity contribution is 6.03. The molecule has 0 aliphatic carbocycles. The van der Waals surface area contributed by atoms with Gasteiger partial charge in [-0.3, -0.25) is 0 Å². The zero-order valence-corrected chi connectivity index (χ0v) is 16.5. The van der Waals surface area contributed by atoms with Gasteiger partial charge in [0.1, 0.15) is 11.0 Å². The van der Waals surface area contributed by atoms with Gasteiger partial charge in [0.05, 0.1) is 12.9 Å². The van der Waals surface area contributed by atoms with Crippen LogP contribution in [0.2, 0.25) is 0 Å². The van der Waals surface area contributed by atoms with Gasteiger partial charge in [-0.25, -0.2) is 14.8 Å². The molecule has 0 aliphatic rings. The molecule has 29 heavy (non-hydrogen) atoms. The number of ether oxygens (including phenoxy) is 1. The second-order valence-corrected chi connectivity index (χ2v) is 6.49. The molecule has 0 saturated heterocycles. The molecule has 0 fully saturated rings. The van der Waals surface area contributed by atoms with E-state index in [4.69, 9.17) is 9.15 Å². The van der Waals surface area contributed by atoms with E-state index in [0.29, 0.717) is 36.0 Å². The third kappa shape index (κ3) is 3.56. The second kappa shape index (κ2) is 7.75. The van der Waals surface area contributed by atoms with Gasteiger partial charge in [0.15, 0.2) is 11.3 Å². The van der Waals surface area contributed by atoms with Crippen LogP contribution in [-0.2, 0) is 23.0 Å². The summed E-state index contributed by atoms with van der Waals surface area (Å²) in [5.74, 6) is 0.794. The van der Waals surface area contributed by atoms with E-state index in [9.17, 15) is 4.79 Å². The Balaban J connectivity index is 1.69. The molecule has 0 radical (unpaired) electrons. The molecule has 0 saturated carbocycles. The van der Waals surface area contributed by atoms with Gasteiger partial charge in [0.2, 0.25) is 5.89 Å². The number of rotatable bonds is 6. The summed E-state index contributed by atoms with van der Waals surface area (Å²) in [7, 11) is 3.71. The van der Waals surface area contributed by atoms with Crippen LogP contribution in [-0.4, -0.2) is 39.1 Å². The van der Waals surface area contributed by atoms with Gasteiger partial charge >= 0.3 is 5.97 Å². The van der Waals surface area contributed by atoms with Gasteiger partial charge in [-0.2, -0.15) is 4.98 Å². The van der Waals surface area contributed by atoms with Crippen molar-refractivity contribution in [1.29, 1.82) is 0 Å². The number of allylic oxidation sites excluding steroid dienone is 1. The van der Waals surface area contributed by atoms with Crippen LogP contribution in [0.25, 0.3) is 33.7 Å². The Hall–Kier alpha value is -3.68.